The standard InChI is InChI=1S/C26H24N4/c1-4-24-29-25-17(2)15-18(3)27-26(25)30(24)16-20-11-8-12-23-21(20)13-14-22(28-23)19-9-6-5-7-10-19/h5-15H,4,16H2,1-3H3. The third-order valence-electron chi connectivity index (χ3n) is 5.64. The maximum atomic E-state index is 4.93. The van der Waals surface area contributed by atoms with Gasteiger partial charge in [-0.15, -0.1) is 0 Å². The maximum Gasteiger partial charge on any atom is 0.160 e. The van der Waals surface area contributed by atoms with Crippen LogP contribution in [0.3, 0.4) is 0 Å². The minimum absolute atomic E-state index is 0.735. The van der Waals surface area contributed by atoms with E-state index in [9.17, 15) is 0 Å². The molecule has 5 aromatic rings. The average Bonchev–Trinajstić information content (AvgIpc) is 3.12. The first-order chi connectivity index (χ1) is 14.6. The number of imidazole rings is 1. The molecule has 0 fully saturated rings. The van der Waals surface area contributed by atoms with Crippen molar-refractivity contribution in [3.8, 4) is 11.3 Å². The van der Waals surface area contributed by atoms with Crippen LogP contribution in [-0.4, -0.2) is 19.5 Å². The van der Waals surface area contributed by atoms with Gasteiger partial charge in [0, 0.05) is 23.1 Å². The molecule has 0 N–H and O–H groups in total. The minimum atomic E-state index is 0.735. The zero-order valence-electron chi connectivity index (χ0n) is 17.6. The van der Waals surface area contributed by atoms with E-state index >= 15 is 0 Å². The van der Waals surface area contributed by atoms with Crippen LogP contribution < -0.4 is 0 Å². The summed E-state index contributed by atoms with van der Waals surface area (Å²) >= 11 is 0. The molecule has 0 aliphatic heterocycles. The van der Waals surface area contributed by atoms with Gasteiger partial charge in [-0.25, -0.2) is 15.0 Å². The Balaban J connectivity index is 1.63. The Morgan fingerprint density at radius 2 is 1.67 bits per heavy atom. The lowest BCUT2D eigenvalue weighted by molar-refractivity contribution is 0.749. The van der Waals surface area contributed by atoms with Crippen molar-refractivity contribution in [2.24, 2.45) is 0 Å². The summed E-state index contributed by atoms with van der Waals surface area (Å²) in [4.78, 5) is 14.6. The number of hydrogen-bond donors (Lipinski definition) is 0. The Kier molecular flexibility index (Phi) is 4.55. The molecule has 0 spiro atoms. The van der Waals surface area contributed by atoms with Crippen LogP contribution in [0, 0.1) is 13.8 Å². The van der Waals surface area contributed by atoms with E-state index in [1.165, 1.54) is 16.5 Å². The lowest BCUT2D eigenvalue weighted by Gasteiger charge is -2.12. The zero-order chi connectivity index (χ0) is 20.7. The monoisotopic (exact) mass is 392 g/mol. The van der Waals surface area contributed by atoms with Crippen LogP contribution in [0.4, 0.5) is 0 Å². The van der Waals surface area contributed by atoms with E-state index in [0.29, 0.717) is 0 Å². The molecule has 3 aromatic heterocycles. The van der Waals surface area contributed by atoms with Gasteiger partial charge in [0.05, 0.1) is 17.8 Å². The van der Waals surface area contributed by atoms with Gasteiger partial charge in [0.2, 0.25) is 0 Å². The van der Waals surface area contributed by atoms with E-state index in [4.69, 9.17) is 15.0 Å². The van der Waals surface area contributed by atoms with Crippen molar-refractivity contribution in [3.63, 3.8) is 0 Å². The Hall–Kier alpha value is -3.53. The number of hydrogen-bond acceptors (Lipinski definition) is 3. The van der Waals surface area contributed by atoms with E-state index < -0.39 is 0 Å². The van der Waals surface area contributed by atoms with Crippen molar-refractivity contribution in [2.45, 2.75) is 33.7 Å². The largest absolute Gasteiger partial charge is 0.308 e. The summed E-state index contributed by atoms with van der Waals surface area (Å²) in [6.45, 7) is 7.04. The van der Waals surface area contributed by atoms with Gasteiger partial charge >= 0.3 is 0 Å². The van der Waals surface area contributed by atoms with Crippen molar-refractivity contribution in [2.75, 3.05) is 0 Å². The number of aryl methyl sites for hydroxylation is 3. The van der Waals surface area contributed by atoms with Crippen LogP contribution in [-0.2, 0) is 13.0 Å². The minimum Gasteiger partial charge on any atom is -0.308 e. The molecule has 30 heavy (non-hydrogen) atoms. The molecule has 5 rings (SSSR count). The third-order valence-corrected chi connectivity index (χ3v) is 5.64. The molecular formula is C26H24N4. The summed E-state index contributed by atoms with van der Waals surface area (Å²) in [5, 5.41) is 1.17. The van der Waals surface area contributed by atoms with Gasteiger partial charge in [0.25, 0.3) is 0 Å². The van der Waals surface area contributed by atoms with Crippen LogP contribution in [0.5, 0.6) is 0 Å². The summed E-state index contributed by atoms with van der Waals surface area (Å²) in [6.07, 6.45) is 0.871. The van der Waals surface area contributed by atoms with Gasteiger partial charge in [0.15, 0.2) is 5.65 Å². The number of pyridine rings is 2. The number of fused-ring (bicyclic) bond motifs is 2. The summed E-state index contributed by atoms with van der Waals surface area (Å²) in [7, 11) is 0. The molecule has 0 aliphatic carbocycles. The second kappa shape index (κ2) is 7.38. The predicted octanol–water partition coefficient (Wildman–Crippen LogP) is 5.87. The predicted molar refractivity (Wildman–Crippen MR) is 123 cm³/mol. The Morgan fingerprint density at radius 1 is 0.833 bits per heavy atom. The highest BCUT2D eigenvalue weighted by molar-refractivity contribution is 5.85. The fourth-order valence-electron chi connectivity index (χ4n) is 4.18. The van der Waals surface area contributed by atoms with Gasteiger partial charge in [0.1, 0.15) is 11.3 Å². The summed E-state index contributed by atoms with van der Waals surface area (Å²) in [6, 6.07) is 23.1. The number of rotatable bonds is 4. The highest BCUT2D eigenvalue weighted by Crippen LogP contribution is 2.26. The van der Waals surface area contributed by atoms with Crippen molar-refractivity contribution >= 4 is 22.1 Å². The lowest BCUT2D eigenvalue weighted by atomic mass is 10.1. The number of benzene rings is 2. The van der Waals surface area contributed by atoms with Crippen LogP contribution >= 0.6 is 0 Å². The third kappa shape index (κ3) is 3.14. The second-order valence-electron chi connectivity index (χ2n) is 7.77. The lowest BCUT2D eigenvalue weighted by Crippen LogP contribution is -2.06. The highest BCUT2D eigenvalue weighted by atomic mass is 15.1. The van der Waals surface area contributed by atoms with E-state index in [1.54, 1.807) is 0 Å². The normalized spacial score (nSPS) is 11.4. The van der Waals surface area contributed by atoms with E-state index in [-0.39, 0.29) is 0 Å². The molecular weight excluding hydrogens is 368 g/mol. The van der Waals surface area contributed by atoms with Crippen molar-refractivity contribution in [1.82, 2.24) is 19.5 Å². The smallest absolute Gasteiger partial charge is 0.160 e. The Bertz CT molecular complexity index is 1370. The zero-order valence-corrected chi connectivity index (χ0v) is 17.6. The van der Waals surface area contributed by atoms with Crippen LogP contribution in [0.15, 0.2) is 66.7 Å². The van der Waals surface area contributed by atoms with Gasteiger partial charge in [-0.3, -0.25) is 0 Å². The molecule has 0 unspecified atom stereocenters. The summed E-state index contributed by atoms with van der Waals surface area (Å²) in [5.41, 5.74) is 8.54. The van der Waals surface area contributed by atoms with E-state index in [2.05, 4.69) is 66.9 Å². The van der Waals surface area contributed by atoms with Crippen molar-refractivity contribution in [1.29, 1.82) is 0 Å². The molecule has 0 bridgehead atoms. The molecule has 0 saturated heterocycles. The molecule has 0 aliphatic rings. The molecule has 0 amide bonds. The summed E-state index contributed by atoms with van der Waals surface area (Å²) < 4.78 is 2.26. The van der Waals surface area contributed by atoms with E-state index in [1.807, 2.05) is 25.1 Å². The molecule has 3 heterocycles. The maximum absolute atomic E-state index is 4.93. The first-order valence-electron chi connectivity index (χ1n) is 10.4. The molecule has 0 atom stereocenters. The Labute approximate surface area is 176 Å². The van der Waals surface area contributed by atoms with Gasteiger partial charge in [-0.05, 0) is 43.2 Å². The molecule has 2 aromatic carbocycles. The highest BCUT2D eigenvalue weighted by Gasteiger charge is 2.15. The van der Waals surface area contributed by atoms with Crippen molar-refractivity contribution in [3.05, 3.63) is 89.4 Å². The topological polar surface area (TPSA) is 43.6 Å². The fourth-order valence-corrected chi connectivity index (χ4v) is 4.18. The average molecular weight is 393 g/mol. The van der Waals surface area contributed by atoms with Crippen molar-refractivity contribution < 1.29 is 0 Å². The first kappa shape index (κ1) is 18.5. The van der Waals surface area contributed by atoms with E-state index in [0.717, 1.165) is 52.4 Å². The van der Waals surface area contributed by atoms with Crippen LogP contribution in [0.1, 0.15) is 29.6 Å². The first-order valence-corrected chi connectivity index (χ1v) is 10.4. The molecule has 148 valence electrons. The Morgan fingerprint density at radius 3 is 2.47 bits per heavy atom. The fraction of sp³-hybridized carbons (Fsp3) is 0.192. The number of aromatic nitrogens is 4. The second-order valence-corrected chi connectivity index (χ2v) is 7.77. The molecule has 0 saturated carbocycles. The molecule has 4 heteroatoms. The molecule has 0 radical (unpaired) electrons. The quantitative estimate of drug-likeness (QED) is 0.384. The number of nitrogens with zero attached hydrogens (tertiary/aromatic N) is 4. The SMILES string of the molecule is CCc1nc2c(C)cc(C)nc2n1Cc1cccc2nc(-c3ccccc3)ccc12. The van der Waals surface area contributed by atoms with Crippen LogP contribution in [0.25, 0.3) is 33.3 Å². The van der Waals surface area contributed by atoms with Gasteiger partial charge in [-0.1, -0.05) is 55.5 Å². The van der Waals surface area contributed by atoms with Crippen LogP contribution in [0.2, 0.25) is 0 Å². The van der Waals surface area contributed by atoms with Gasteiger partial charge < -0.3 is 4.57 Å². The molecule has 4 nitrogen and oxygen atoms in total. The summed E-state index contributed by atoms with van der Waals surface area (Å²) in [5.74, 6) is 1.07. The van der Waals surface area contributed by atoms with Gasteiger partial charge in [-0.2, -0.15) is 0 Å².